The molecule has 1 heteroatoms. The summed E-state index contributed by atoms with van der Waals surface area (Å²) in [7, 11) is 0. The lowest BCUT2D eigenvalue weighted by Gasteiger charge is -2.13. The molecule has 1 aliphatic rings. The van der Waals surface area contributed by atoms with Gasteiger partial charge in [-0.2, -0.15) is 5.26 Å². The number of nitriles is 1. The molecule has 1 fully saturated rings. The van der Waals surface area contributed by atoms with Crippen LogP contribution >= 0.6 is 0 Å². The van der Waals surface area contributed by atoms with Gasteiger partial charge in [0.1, 0.15) is 0 Å². The highest BCUT2D eigenvalue weighted by molar-refractivity contribution is 5.53. The van der Waals surface area contributed by atoms with Crippen LogP contribution in [0.15, 0.2) is 29.8 Å². The third-order valence-corrected chi connectivity index (χ3v) is 3.13. The maximum absolute atomic E-state index is 8.59. The van der Waals surface area contributed by atoms with Crippen molar-refractivity contribution in [2.24, 2.45) is 0 Å². The van der Waals surface area contributed by atoms with Crippen molar-refractivity contribution in [2.45, 2.75) is 38.5 Å². The van der Waals surface area contributed by atoms with Crippen LogP contribution in [0.4, 0.5) is 0 Å². The first kappa shape index (κ1) is 11.0. The van der Waals surface area contributed by atoms with E-state index < -0.39 is 0 Å². The molecule has 0 amide bonds. The molecule has 0 spiro atoms. The van der Waals surface area contributed by atoms with Gasteiger partial charge in [-0.3, -0.25) is 0 Å². The fourth-order valence-corrected chi connectivity index (χ4v) is 2.21. The van der Waals surface area contributed by atoms with Crippen molar-refractivity contribution in [3.05, 3.63) is 41.0 Å². The quantitative estimate of drug-likeness (QED) is 0.722. The van der Waals surface area contributed by atoms with Crippen molar-refractivity contribution < 1.29 is 0 Å². The Bertz CT molecular complexity index is 398. The van der Waals surface area contributed by atoms with Crippen LogP contribution in [-0.2, 0) is 6.42 Å². The lowest BCUT2D eigenvalue weighted by atomic mass is 9.93. The Morgan fingerprint density at radius 3 is 2.38 bits per heavy atom. The van der Waals surface area contributed by atoms with Crippen molar-refractivity contribution in [1.82, 2.24) is 0 Å². The van der Waals surface area contributed by atoms with Crippen LogP contribution in [0.3, 0.4) is 0 Å². The smallest absolute Gasteiger partial charge is 0.0669 e. The molecule has 0 heterocycles. The van der Waals surface area contributed by atoms with Crippen molar-refractivity contribution in [3.63, 3.8) is 0 Å². The number of allylic oxidation sites excluding steroid dienone is 1. The molecule has 82 valence electrons. The fraction of sp³-hybridized carbons (Fsp3) is 0.400. The number of rotatable bonds is 2. The number of hydrogen-bond acceptors (Lipinski definition) is 1. The molecule has 0 atom stereocenters. The highest BCUT2D eigenvalue weighted by Crippen LogP contribution is 2.24. The Balaban J connectivity index is 2.07. The van der Waals surface area contributed by atoms with Crippen LogP contribution in [0.1, 0.15) is 43.2 Å². The molecule has 0 saturated heterocycles. The fourth-order valence-electron chi connectivity index (χ4n) is 2.21. The van der Waals surface area contributed by atoms with Gasteiger partial charge in [-0.1, -0.05) is 42.3 Å². The monoisotopic (exact) mass is 211 g/mol. The summed E-state index contributed by atoms with van der Waals surface area (Å²) in [5.41, 5.74) is 3.96. The molecule has 0 bridgehead atoms. The largest absolute Gasteiger partial charge is 0.198 e. The first-order valence-electron chi connectivity index (χ1n) is 6.04. The molecule has 16 heavy (non-hydrogen) atoms. The summed E-state index contributed by atoms with van der Waals surface area (Å²) in [5.74, 6) is 0. The molecule has 1 saturated carbocycles. The van der Waals surface area contributed by atoms with Crippen molar-refractivity contribution in [3.8, 4) is 6.07 Å². The Kier molecular flexibility index (Phi) is 3.77. The Morgan fingerprint density at radius 1 is 1.06 bits per heavy atom. The summed E-state index contributed by atoms with van der Waals surface area (Å²) in [4.78, 5) is 0. The second-order valence-corrected chi connectivity index (χ2v) is 4.44. The number of nitrogens with zero attached hydrogens (tertiary/aromatic N) is 1. The molecule has 1 aromatic carbocycles. The van der Waals surface area contributed by atoms with E-state index in [1.165, 1.54) is 37.7 Å². The molecule has 2 rings (SSSR count). The Labute approximate surface area is 97.4 Å². The molecular formula is C15H17N. The third-order valence-electron chi connectivity index (χ3n) is 3.13. The second kappa shape index (κ2) is 5.51. The van der Waals surface area contributed by atoms with E-state index in [1.54, 1.807) is 5.57 Å². The molecule has 0 aromatic heterocycles. The predicted molar refractivity (Wildman–Crippen MR) is 66.8 cm³/mol. The lowest BCUT2D eigenvalue weighted by Crippen LogP contribution is -1.93. The first-order chi connectivity index (χ1) is 7.88. The summed E-state index contributed by atoms with van der Waals surface area (Å²) in [5, 5.41) is 8.59. The minimum atomic E-state index is 0.511. The molecular weight excluding hydrogens is 194 g/mol. The zero-order valence-electron chi connectivity index (χ0n) is 9.58. The molecule has 1 aromatic rings. The number of benzene rings is 1. The normalized spacial score (nSPS) is 15.6. The van der Waals surface area contributed by atoms with Crippen molar-refractivity contribution in [2.75, 3.05) is 0 Å². The van der Waals surface area contributed by atoms with Gasteiger partial charge in [0.15, 0.2) is 0 Å². The van der Waals surface area contributed by atoms with Crippen molar-refractivity contribution >= 4 is 6.08 Å². The zero-order chi connectivity index (χ0) is 11.2. The summed E-state index contributed by atoms with van der Waals surface area (Å²) in [6.45, 7) is 0. The predicted octanol–water partition coefficient (Wildman–Crippen LogP) is 4.10. The van der Waals surface area contributed by atoms with Crippen LogP contribution in [0.25, 0.3) is 6.08 Å². The molecule has 1 nitrogen and oxygen atoms in total. The highest BCUT2D eigenvalue weighted by atomic mass is 14.2. The molecule has 0 unspecified atom stereocenters. The number of hydrogen-bond donors (Lipinski definition) is 0. The zero-order valence-corrected chi connectivity index (χ0v) is 9.58. The molecule has 0 aliphatic heterocycles. The van der Waals surface area contributed by atoms with Gasteiger partial charge in [0.2, 0.25) is 0 Å². The van der Waals surface area contributed by atoms with Gasteiger partial charge < -0.3 is 0 Å². The topological polar surface area (TPSA) is 23.8 Å². The van der Waals surface area contributed by atoms with Crippen LogP contribution in [0, 0.1) is 11.3 Å². The van der Waals surface area contributed by atoms with E-state index in [0.717, 1.165) is 5.56 Å². The highest BCUT2D eigenvalue weighted by Gasteiger charge is 2.04. The maximum atomic E-state index is 8.59. The van der Waals surface area contributed by atoms with Crippen LogP contribution < -0.4 is 0 Å². The maximum Gasteiger partial charge on any atom is 0.0669 e. The van der Waals surface area contributed by atoms with E-state index in [2.05, 4.69) is 36.4 Å². The summed E-state index contributed by atoms with van der Waals surface area (Å²) in [6.07, 6.45) is 9.43. The van der Waals surface area contributed by atoms with Crippen LogP contribution in [-0.4, -0.2) is 0 Å². The SMILES string of the molecule is N#CCc1ccc(C=C2CCCCC2)cc1. The van der Waals surface area contributed by atoms with Gasteiger partial charge in [0.25, 0.3) is 0 Å². The Morgan fingerprint density at radius 2 is 1.75 bits per heavy atom. The van der Waals surface area contributed by atoms with Crippen LogP contribution in [0.2, 0.25) is 0 Å². The third kappa shape index (κ3) is 2.97. The lowest BCUT2D eigenvalue weighted by molar-refractivity contribution is 0.602. The average molecular weight is 211 g/mol. The van der Waals surface area contributed by atoms with Gasteiger partial charge in [-0.15, -0.1) is 0 Å². The van der Waals surface area contributed by atoms with Gasteiger partial charge in [-0.05, 0) is 36.8 Å². The van der Waals surface area contributed by atoms with Crippen molar-refractivity contribution in [1.29, 1.82) is 5.26 Å². The molecule has 0 N–H and O–H groups in total. The van der Waals surface area contributed by atoms with E-state index in [-0.39, 0.29) is 0 Å². The standard InChI is InChI=1S/C15H17N/c16-11-10-13-6-8-15(9-7-13)12-14-4-2-1-3-5-14/h6-9,12H,1-5,10H2. The van der Waals surface area contributed by atoms with Crippen LogP contribution in [0.5, 0.6) is 0 Å². The second-order valence-electron chi connectivity index (χ2n) is 4.44. The van der Waals surface area contributed by atoms with Gasteiger partial charge in [0.05, 0.1) is 12.5 Å². The minimum Gasteiger partial charge on any atom is -0.198 e. The van der Waals surface area contributed by atoms with Gasteiger partial charge >= 0.3 is 0 Å². The van der Waals surface area contributed by atoms with Gasteiger partial charge in [0, 0.05) is 0 Å². The van der Waals surface area contributed by atoms with E-state index in [4.69, 9.17) is 5.26 Å². The van der Waals surface area contributed by atoms with E-state index >= 15 is 0 Å². The van der Waals surface area contributed by atoms with E-state index in [1.807, 2.05) is 0 Å². The summed E-state index contributed by atoms with van der Waals surface area (Å²) < 4.78 is 0. The van der Waals surface area contributed by atoms with E-state index in [0.29, 0.717) is 6.42 Å². The van der Waals surface area contributed by atoms with E-state index in [9.17, 15) is 0 Å². The summed E-state index contributed by atoms with van der Waals surface area (Å²) >= 11 is 0. The first-order valence-corrected chi connectivity index (χ1v) is 6.04. The molecule has 0 radical (unpaired) electrons. The summed E-state index contributed by atoms with van der Waals surface area (Å²) in [6, 6.07) is 10.5. The Hall–Kier alpha value is -1.55. The minimum absolute atomic E-state index is 0.511. The molecule has 1 aliphatic carbocycles. The van der Waals surface area contributed by atoms with Gasteiger partial charge in [-0.25, -0.2) is 0 Å². The average Bonchev–Trinajstić information content (AvgIpc) is 2.33.